The molecule has 12 heteroatoms. The molecule has 0 saturated carbocycles. The maximum atomic E-state index is 14.6. The number of aromatic nitrogens is 3. The lowest BCUT2D eigenvalue weighted by atomic mass is 10.1. The molecule has 6 rings (SSSR count). The summed E-state index contributed by atoms with van der Waals surface area (Å²) in [7, 11) is -2.87. The fourth-order valence-electron chi connectivity index (χ4n) is 4.19. The number of pyridine rings is 3. The first-order valence-corrected chi connectivity index (χ1v) is 13.6. The van der Waals surface area contributed by atoms with E-state index in [0.717, 1.165) is 44.4 Å². The molecule has 0 aliphatic carbocycles. The summed E-state index contributed by atoms with van der Waals surface area (Å²) in [5, 5.41) is 2.65. The first-order chi connectivity index (χ1) is 18.3. The molecule has 1 aliphatic heterocycles. The van der Waals surface area contributed by atoms with E-state index in [1.807, 2.05) is 18.2 Å². The van der Waals surface area contributed by atoms with Crippen LogP contribution in [0.4, 0.5) is 10.1 Å². The quantitative estimate of drug-likeness (QED) is 0.314. The Balaban J connectivity index is 1.58. The van der Waals surface area contributed by atoms with Gasteiger partial charge < -0.3 is 10.1 Å². The van der Waals surface area contributed by atoms with Crippen LogP contribution in [0.1, 0.15) is 15.9 Å². The van der Waals surface area contributed by atoms with Crippen molar-refractivity contribution in [1.29, 1.82) is 0 Å². The zero-order valence-electron chi connectivity index (χ0n) is 19.7. The Kier molecular flexibility index (Phi) is 5.77. The summed E-state index contributed by atoms with van der Waals surface area (Å²) < 4.78 is 49.8. The van der Waals surface area contributed by atoms with Crippen molar-refractivity contribution in [3.05, 3.63) is 84.2 Å². The van der Waals surface area contributed by atoms with E-state index in [1.54, 1.807) is 30.9 Å². The van der Waals surface area contributed by atoms with E-state index in [2.05, 4.69) is 25.0 Å². The number of methoxy groups -OCH3 is 1. The number of nitrogens with one attached hydrogen (secondary N) is 2. The number of fused-ring (bicyclic) bond motifs is 9. The van der Waals surface area contributed by atoms with Crippen molar-refractivity contribution < 1.29 is 22.3 Å². The summed E-state index contributed by atoms with van der Waals surface area (Å²) >= 11 is 1.48. The number of rotatable bonds is 1. The van der Waals surface area contributed by atoms with E-state index >= 15 is 0 Å². The zero-order chi connectivity index (χ0) is 26.4. The van der Waals surface area contributed by atoms with E-state index in [9.17, 15) is 17.6 Å². The Morgan fingerprint density at radius 2 is 1.87 bits per heavy atom. The fourth-order valence-corrected chi connectivity index (χ4v) is 6.39. The Morgan fingerprint density at radius 1 is 1.00 bits per heavy atom. The number of sulfonamides is 1. The van der Waals surface area contributed by atoms with Gasteiger partial charge in [-0.1, -0.05) is 0 Å². The molecule has 4 aromatic heterocycles. The maximum Gasteiger partial charge on any atom is 0.262 e. The van der Waals surface area contributed by atoms with Crippen LogP contribution in [-0.2, 0) is 16.6 Å². The third-order valence-electron chi connectivity index (χ3n) is 6.04. The van der Waals surface area contributed by atoms with Crippen molar-refractivity contribution >= 4 is 43.2 Å². The lowest BCUT2D eigenvalue weighted by Crippen LogP contribution is -2.24. The molecule has 2 N–H and O–H groups in total. The summed E-state index contributed by atoms with van der Waals surface area (Å²) in [6, 6.07) is 10.3. The van der Waals surface area contributed by atoms with Crippen molar-refractivity contribution in [3.63, 3.8) is 0 Å². The molecule has 9 nitrogen and oxygen atoms in total. The molecule has 1 aliphatic rings. The number of nitrogens with zero attached hydrogens (tertiary/aromatic N) is 3. The Bertz CT molecular complexity index is 1860. The largest absolute Gasteiger partial charge is 0.480 e. The van der Waals surface area contributed by atoms with E-state index in [-0.39, 0.29) is 23.0 Å². The minimum Gasteiger partial charge on any atom is -0.480 e. The van der Waals surface area contributed by atoms with Gasteiger partial charge in [0.25, 0.3) is 15.9 Å². The molecule has 5 aromatic rings. The van der Waals surface area contributed by atoms with Crippen LogP contribution in [-0.4, -0.2) is 36.4 Å². The third-order valence-corrected chi connectivity index (χ3v) is 8.61. The number of ether oxygens (including phenoxy) is 1. The van der Waals surface area contributed by atoms with Gasteiger partial charge in [0, 0.05) is 52.9 Å². The summed E-state index contributed by atoms with van der Waals surface area (Å²) in [4.78, 5) is 26.5. The molecule has 0 saturated heterocycles. The molecule has 0 radical (unpaired) electrons. The van der Waals surface area contributed by atoms with Crippen molar-refractivity contribution in [3.8, 4) is 27.4 Å². The van der Waals surface area contributed by atoms with Gasteiger partial charge in [-0.05, 0) is 48.0 Å². The number of amides is 1. The van der Waals surface area contributed by atoms with Gasteiger partial charge in [0.15, 0.2) is 0 Å². The van der Waals surface area contributed by atoms with Crippen molar-refractivity contribution in [1.82, 2.24) is 20.3 Å². The van der Waals surface area contributed by atoms with Crippen LogP contribution in [0, 0.1) is 5.82 Å². The Hall–Kier alpha value is -4.42. The van der Waals surface area contributed by atoms with Gasteiger partial charge in [0.05, 0.1) is 27.8 Å². The van der Waals surface area contributed by atoms with E-state index in [4.69, 9.17) is 4.74 Å². The minimum absolute atomic E-state index is 0.0506. The smallest absolute Gasteiger partial charge is 0.262 e. The second-order valence-corrected chi connectivity index (χ2v) is 11.2. The molecule has 0 unspecified atom stereocenters. The average molecular weight is 548 g/mol. The Morgan fingerprint density at radius 3 is 2.71 bits per heavy atom. The van der Waals surface area contributed by atoms with Gasteiger partial charge >= 0.3 is 0 Å². The predicted molar refractivity (Wildman–Crippen MR) is 141 cm³/mol. The molecule has 38 heavy (non-hydrogen) atoms. The molecular formula is C26H18FN5O4S2. The topological polar surface area (TPSA) is 123 Å². The monoisotopic (exact) mass is 547 g/mol. The van der Waals surface area contributed by atoms with E-state index < -0.39 is 27.3 Å². The SMILES string of the molecule is COc1ncc2cc1NS(=O)(=O)c1ccc(F)c(c1)C(=O)NCc1cncc(c1)-c1ccnc3cc-2sc13. The fraction of sp³-hybridized carbons (Fsp3) is 0.0769. The normalized spacial score (nSPS) is 14.3. The number of carbonyl (C=O) groups excluding carboxylic acids is 1. The van der Waals surface area contributed by atoms with Crippen LogP contribution in [0.3, 0.4) is 0 Å². The van der Waals surface area contributed by atoms with Crippen LogP contribution < -0.4 is 14.8 Å². The summed E-state index contributed by atoms with van der Waals surface area (Å²) in [6.45, 7) is 0.0612. The molecule has 8 bridgehead atoms. The van der Waals surface area contributed by atoms with Crippen molar-refractivity contribution in [2.45, 2.75) is 11.4 Å². The molecule has 1 aromatic carbocycles. The second kappa shape index (κ2) is 9.15. The number of hydrogen-bond donors (Lipinski definition) is 2. The van der Waals surface area contributed by atoms with Gasteiger partial charge in [-0.15, -0.1) is 11.3 Å². The van der Waals surface area contributed by atoms with Gasteiger partial charge in [-0.2, -0.15) is 0 Å². The molecule has 190 valence electrons. The van der Waals surface area contributed by atoms with Gasteiger partial charge in [-0.25, -0.2) is 17.8 Å². The van der Waals surface area contributed by atoms with Crippen molar-refractivity contribution in [2.75, 3.05) is 11.8 Å². The second-order valence-electron chi connectivity index (χ2n) is 8.48. The highest BCUT2D eigenvalue weighted by molar-refractivity contribution is 7.92. The molecule has 0 fully saturated rings. The number of hydrogen-bond acceptors (Lipinski definition) is 8. The van der Waals surface area contributed by atoms with Gasteiger partial charge in [-0.3, -0.25) is 19.5 Å². The van der Waals surface area contributed by atoms with Crippen LogP contribution in [0.5, 0.6) is 5.88 Å². The van der Waals surface area contributed by atoms with Crippen LogP contribution in [0.15, 0.2) is 72.1 Å². The molecule has 0 spiro atoms. The standard InChI is InChI=1S/C26H18FN5O4S2/c1-36-26-22-7-16(13-31-26)23-9-21-24(37-23)18(4-5-29-21)15-6-14(10-28-12-15)11-30-25(33)19-8-17(2-3-20(19)27)38(34,35)32-22/h2-10,12-13,32H,11H2,1H3,(H,30,33). The van der Waals surface area contributed by atoms with Gasteiger partial charge in [0.2, 0.25) is 5.88 Å². The summed E-state index contributed by atoms with van der Waals surface area (Å²) in [6.07, 6.45) is 6.61. The molecule has 0 atom stereocenters. The van der Waals surface area contributed by atoms with Crippen molar-refractivity contribution in [2.24, 2.45) is 0 Å². The summed E-state index contributed by atoms with van der Waals surface area (Å²) in [5.41, 5.74) is 3.49. The summed E-state index contributed by atoms with van der Waals surface area (Å²) in [5.74, 6) is -1.56. The molecule has 1 amide bonds. The van der Waals surface area contributed by atoms with Crippen LogP contribution >= 0.6 is 11.3 Å². The van der Waals surface area contributed by atoms with Crippen LogP contribution in [0.25, 0.3) is 31.8 Å². The minimum atomic E-state index is -4.24. The number of thiophene rings is 1. The zero-order valence-corrected chi connectivity index (χ0v) is 21.4. The lowest BCUT2D eigenvalue weighted by molar-refractivity contribution is 0.0946. The number of halogens is 1. The molecular weight excluding hydrogens is 529 g/mol. The Labute approximate surface area is 220 Å². The highest BCUT2D eigenvalue weighted by Gasteiger charge is 2.23. The number of carbonyl (C=O) groups is 1. The predicted octanol–water partition coefficient (Wildman–Crippen LogP) is 4.61. The highest BCUT2D eigenvalue weighted by Crippen LogP contribution is 2.40. The van der Waals surface area contributed by atoms with Crippen LogP contribution in [0.2, 0.25) is 0 Å². The maximum absolute atomic E-state index is 14.6. The number of benzene rings is 1. The van der Waals surface area contributed by atoms with E-state index in [0.29, 0.717) is 11.1 Å². The average Bonchev–Trinajstić information content (AvgIpc) is 3.36. The number of anilines is 1. The van der Waals surface area contributed by atoms with E-state index in [1.165, 1.54) is 18.4 Å². The first-order valence-electron chi connectivity index (χ1n) is 11.3. The third kappa shape index (κ3) is 4.23. The van der Waals surface area contributed by atoms with Gasteiger partial charge in [0.1, 0.15) is 11.5 Å². The first kappa shape index (κ1) is 23.9. The lowest BCUT2D eigenvalue weighted by Gasteiger charge is -2.13. The highest BCUT2D eigenvalue weighted by atomic mass is 32.2. The molecule has 5 heterocycles.